The molecule has 0 aliphatic heterocycles. The van der Waals surface area contributed by atoms with Crippen molar-refractivity contribution in [3.63, 3.8) is 0 Å². The van der Waals surface area contributed by atoms with Gasteiger partial charge >= 0.3 is 0 Å². The van der Waals surface area contributed by atoms with Crippen LogP contribution in [0.2, 0.25) is 0 Å². The number of hydrogen-bond donors (Lipinski definition) is 1. The van der Waals surface area contributed by atoms with E-state index in [0.717, 1.165) is 24.4 Å². The molecule has 4 nitrogen and oxygen atoms in total. The number of aliphatic hydroxyl groups excluding tert-OH is 1. The molecule has 1 N–H and O–H groups in total. The van der Waals surface area contributed by atoms with Gasteiger partial charge in [0.2, 0.25) is 0 Å². The van der Waals surface area contributed by atoms with Crippen LogP contribution >= 0.6 is 0 Å². The van der Waals surface area contributed by atoms with E-state index in [1.165, 1.54) is 5.56 Å². The Labute approximate surface area is 145 Å². The Kier molecular flexibility index (Phi) is 7.25. The second-order valence-corrected chi connectivity index (χ2v) is 6.42. The third kappa shape index (κ3) is 6.32. The largest absolute Gasteiger partial charge is 0.492 e. The summed E-state index contributed by atoms with van der Waals surface area (Å²) in [5.41, 5.74) is 2.16. The highest BCUT2D eigenvalue weighted by atomic mass is 16.5. The molecule has 2 aromatic rings. The summed E-state index contributed by atoms with van der Waals surface area (Å²) in [6.45, 7) is 2.99. The van der Waals surface area contributed by atoms with E-state index in [1.807, 2.05) is 63.6 Å². The van der Waals surface area contributed by atoms with Crippen LogP contribution in [-0.4, -0.2) is 55.7 Å². The number of ether oxygens (including phenoxy) is 1. The highest BCUT2D eigenvalue weighted by Gasteiger charge is 2.10. The SMILES string of the molecule is CN(C)CCOc1ccc(CN(C)C[C@H](O)c2ccccc2)cc1. The first kappa shape index (κ1) is 18.5. The Morgan fingerprint density at radius 1 is 0.958 bits per heavy atom. The summed E-state index contributed by atoms with van der Waals surface area (Å²) >= 11 is 0. The average molecular weight is 328 g/mol. The molecule has 0 heterocycles. The lowest BCUT2D eigenvalue weighted by Crippen LogP contribution is -2.24. The maximum absolute atomic E-state index is 10.3. The minimum Gasteiger partial charge on any atom is -0.492 e. The standard InChI is InChI=1S/C20H28N2O2/c1-21(2)13-14-24-19-11-9-17(10-12-19)15-22(3)16-20(23)18-7-5-4-6-8-18/h4-12,20,23H,13-16H2,1-3H3/t20-/m0/s1. The molecule has 0 fully saturated rings. The van der Waals surface area contributed by atoms with Crippen molar-refractivity contribution < 1.29 is 9.84 Å². The second kappa shape index (κ2) is 9.42. The van der Waals surface area contributed by atoms with Crippen LogP contribution in [0.4, 0.5) is 0 Å². The number of hydrogen-bond acceptors (Lipinski definition) is 4. The zero-order valence-electron chi connectivity index (χ0n) is 14.9. The van der Waals surface area contributed by atoms with Gasteiger partial charge in [0.1, 0.15) is 12.4 Å². The van der Waals surface area contributed by atoms with Crippen LogP contribution in [0, 0.1) is 0 Å². The van der Waals surface area contributed by atoms with E-state index >= 15 is 0 Å². The molecule has 0 saturated heterocycles. The number of nitrogens with zero attached hydrogens (tertiary/aromatic N) is 2. The minimum atomic E-state index is -0.468. The number of aliphatic hydroxyl groups is 1. The van der Waals surface area contributed by atoms with E-state index < -0.39 is 6.10 Å². The van der Waals surface area contributed by atoms with Crippen molar-refractivity contribution in [2.75, 3.05) is 40.8 Å². The molecule has 0 unspecified atom stereocenters. The van der Waals surface area contributed by atoms with E-state index in [4.69, 9.17) is 4.74 Å². The van der Waals surface area contributed by atoms with Crippen LogP contribution in [0.1, 0.15) is 17.2 Å². The second-order valence-electron chi connectivity index (χ2n) is 6.42. The zero-order valence-corrected chi connectivity index (χ0v) is 14.9. The number of benzene rings is 2. The monoisotopic (exact) mass is 328 g/mol. The molecular weight excluding hydrogens is 300 g/mol. The molecule has 24 heavy (non-hydrogen) atoms. The predicted octanol–water partition coefficient (Wildman–Crippen LogP) is 2.79. The van der Waals surface area contributed by atoms with Crippen LogP contribution in [0.15, 0.2) is 54.6 Å². The van der Waals surface area contributed by atoms with Crippen molar-refractivity contribution in [3.8, 4) is 5.75 Å². The van der Waals surface area contributed by atoms with Gasteiger partial charge in [-0.15, -0.1) is 0 Å². The lowest BCUT2D eigenvalue weighted by molar-refractivity contribution is 0.124. The summed E-state index contributed by atoms with van der Waals surface area (Å²) in [4.78, 5) is 4.22. The fourth-order valence-electron chi connectivity index (χ4n) is 2.49. The van der Waals surface area contributed by atoms with Crippen molar-refractivity contribution in [2.45, 2.75) is 12.6 Å². The van der Waals surface area contributed by atoms with Gasteiger partial charge in [-0.3, -0.25) is 4.90 Å². The fraction of sp³-hybridized carbons (Fsp3) is 0.400. The number of rotatable bonds is 9. The van der Waals surface area contributed by atoms with Crippen LogP contribution in [0.3, 0.4) is 0 Å². The quantitative estimate of drug-likeness (QED) is 0.768. The van der Waals surface area contributed by atoms with E-state index in [0.29, 0.717) is 13.2 Å². The molecule has 1 atom stereocenters. The molecule has 2 rings (SSSR count). The molecule has 0 saturated carbocycles. The summed E-state index contributed by atoms with van der Waals surface area (Å²) in [6, 6.07) is 18.0. The van der Waals surface area contributed by atoms with Gasteiger partial charge < -0.3 is 14.7 Å². The smallest absolute Gasteiger partial charge is 0.119 e. The van der Waals surface area contributed by atoms with Gasteiger partial charge in [-0.2, -0.15) is 0 Å². The maximum atomic E-state index is 10.3. The van der Waals surface area contributed by atoms with Gasteiger partial charge in [0.05, 0.1) is 6.10 Å². The summed E-state index contributed by atoms with van der Waals surface area (Å²) < 4.78 is 5.70. The average Bonchev–Trinajstić information content (AvgIpc) is 2.57. The Bertz CT molecular complexity index is 584. The lowest BCUT2D eigenvalue weighted by atomic mass is 10.1. The van der Waals surface area contributed by atoms with Crippen LogP contribution in [-0.2, 0) is 6.54 Å². The Hall–Kier alpha value is -1.88. The predicted molar refractivity (Wildman–Crippen MR) is 98.2 cm³/mol. The Balaban J connectivity index is 1.80. The highest BCUT2D eigenvalue weighted by Crippen LogP contribution is 2.16. The van der Waals surface area contributed by atoms with Crippen LogP contribution < -0.4 is 4.74 Å². The van der Waals surface area contributed by atoms with E-state index in [9.17, 15) is 5.11 Å². The van der Waals surface area contributed by atoms with Crippen molar-refractivity contribution in [3.05, 3.63) is 65.7 Å². The van der Waals surface area contributed by atoms with E-state index in [1.54, 1.807) is 0 Å². The molecule has 0 aliphatic rings. The van der Waals surface area contributed by atoms with E-state index in [-0.39, 0.29) is 0 Å². The van der Waals surface area contributed by atoms with Crippen molar-refractivity contribution in [1.82, 2.24) is 9.80 Å². The van der Waals surface area contributed by atoms with Gasteiger partial charge in [-0.05, 0) is 44.4 Å². The summed E-state index contributed by atoms with van der Waals surface area (Å²) in [5.74, 6) is 0.896. The molecule has 0 spiro atoms. The first-order valence-corrected chi connectivity index (χ1v) is 8.32. The van der Waals surface area contributed by atoms with Crippen molar-refractivity contribution >= 4 is 0 Å². The van der Waals surface area contributed by atoms with Crippen LogP contribution in [0.25, 0.3) is 0 Å². The highest BCUT2D eigenvalue weighted by molar-refractivity contribution is 5.27. The Morgan fingerprint density at radius 3 is 2.25 bits per heavy atom. The zero-order chi connectivity index (χ0) is 17.4. The van der Waals surface area contributed by atoms with Crippen molar-refractivity contribution in [2.24, 2.45) is 0 Å². The summed E-state index contributed by atoms with van der Waals surface area (Å²) in [6.07, 6.45) is -0.468. The summed E-state index contributed by atoms with van der Waals surface area (Å²) in [7, 11) is 6.09. The lowest BCUT2D eigenvalue weighted by Gasteiger charge is -2.21. The molecular formula is C20H28N2O2. The molecule has 0 radical (unpaired) electrons. The molecule has 2 aromatic carbocycles. The maximum Gasteiger partial charge on any atom is 0.119 e. The van der Waals surface area contributed by atoms with Gasteiger partial charge in [-0.25, -0.2) is 0 Å². The first-order valence-electron chi connectivity index (χ1n) is 8.32. The minimum absolute atomic E-state index is 0.468. The molecule has 0 aromatic heterocycles. The first-order chi connectivity index (χ1) is 11.5. The number of likely N-dealkylation sites (N-methyl/N-ethyl adjacent to an activating group) is 2. The molecule has 4 heteroatoms. The fourth-order valence-corrected chi connectivity index (χ4v) is 2.49. The third-order valence-corrected chi connectivity index (χ3v) is 3.85. The van der Waals surface area contributed by atoms with Gasteiger partial charge in [0, 0.05) is 19.6 Å². The van der Waals surface area contributed by atoms with Crippen LogP contribution in [0.5, 0.6) is 5.75 Å². The molecule has 0 aliphatic carbocycles. The molecule has 130 valence electrons. The topological polar surface area (TPSA) is 35.9 Å². The Morgan fingerprint density at radius 2 is 1.62 bits per heavy atom. The van der Waals surface area contributed by atoms with Gasteiger partial charge in [0.15, 0.2) is 0 Å². The van der Waals surface area contributed by atoms with Gasteiger partial charge in [-0.1, -0.05) is 42.5 Å². The van der Waals surface area contributed by atoms with Gasteiger partial charge in [0.25, 0.3) is 0 Å². The summed E-state index contributed by atoms with van der Waals surface area (Å²) in [5, 5.41) is 10.3. The normalized spacial score (nSPS) is 12.6. The third-order valence-electron chi connectivity index (χ3n) is 3.85. The van der Waals surface area contributed by atoms with Crippen molar-refractivity contribution in [1.29, 1.82) is 0 Å². The molecule has 0 bridgehead atoms. The molecule has 0 amide bonds. The van der Waals surface area contributed by atoms with E-state index in [2.05, 4.69) is 21.9 Å².